The maximum Gasteiger partial charge on any atom is 0.314 e. The van der Waals surface area contributed by atoms with E-state index in [9.17, 15) is 18.4 Å². The van der Waals surface area contributed by atoms with Gasteiger partial charge in [-0.2, -0.15) is 0 Å². The van der Waals surface area contributed by atoms with Crippen molar-refractivity contribution in [3.05, 3.63) is 106 Å². The molecule has 3 aromatic carbocycles. The first kappa shape index (κ1) is 33.2. The first-order chi connectivity index (χ1) is 22.1. The Bertz CT molecular complexity index is 1860. The lowest BCUT2D eigenvalue weighted by Crippen LogP contribution is -2.42. The number of carbonyl (C=O) groups excluding carboxylic acids is 1. The van der Waals surface area contributed by atoms with Crippen LogP contribution in [0.25, 0.3) is 11.1 Å². The van der Waals surface area contributed by atoms with Gasteiger partial charge < -0.3 is 26.1 Å². The number of amides is 2. The fourth-order valence-electron chi connectivity index (χ4n) is 5.39. The van der Waals surface area contributed by atoms with Crippen molar-refractivity contribution in [2.45, 2.75) is 30.4 Å². The van der Waals surface area contributed by atoms with Crippen molar-refractivity contribution in [2.75, 3.05) is 26.7 Å². The average molecular weight is 686 g/mol. The number of nitrogens with one attached hydrogen (secondary N) is 3. The zero-order chi connectivity index (χ0) is 32.8. The van der Waals surface area contributed by atoms with Crippen molar-refractivity contribution in [2.24, 2.45) is 10.9 Å². The highest BCUT2D eigenvalue weighted by Crippen LogP contribution is 2.32. The summed E-state index contributed by atoms with van der Waals surface area (Å²) in [6.45, 7) is 3.00. The molecule has 2 heterocycles. The number of benzene rings is 3. The van der Waals surface area contributed by atoms with Crippen molar-refractivity contribution < 1.29 is 18.4 Å². The molecule has 1 atom stereocenters. The third-order valence-corrected chi connectivity index (χ3v) is 9.72. The monoisotopic (exact) mass is 684 g/mol. The molecule has 6 N–H and O–H groups in total. The maximum absolute atomic E-state index is 14.0. The molecule has 1 aliphatic heterocycles. The molecule has 1 aromatic heterocycles. The number of sulfonamides is 1. The molecule has 1 aliphatic rings. The third kappa shape index (κ3) is 7.80. The Morgan fingerprint density at radius 3 is 2.67 bits per heavy atom. The third-order valence-electron chi connectivity index (χ3n) is 7.70. The molecule has 1 unspecified atom stereocenters. The van der Waals surface area contributed by atoms with Crippen LogP contribution < -0.4 is 21.1 Å². The number of hydrogen-bond acceptors (Lipinski definition) is 7. The van der Waals surface area contributed by atoms with Crippen molar-refractivity contribution >= 4 is 45.1 Å². The van der Waals surface area contributed by atoms with Gasteiger partial charge in [0.05, 0.1) is 16.6 Å². The lowest BCUT2D eigenvalue weighted by atomic mass is 10.0. The summed E-state index contributed by atoms with van der Waals surface area (Å²) in [7, 11) is -2.50. The van der Waals surface area contributed by atoms with E-state index in [0.717, 1.165) is 11.3 Å². The van der Waals surface area contributed by atoms with Gasteiger partial charge in [-0.3, -0.25) is 4.90 Å². The van der Waals surface area contributed by atoms with E-state index in [-0.39, 0.29) is 23.2 Å². The van der Waals surface area contributed by atoms with E-state index < -0.39 is 16.1 Å². The van der Waals surface area contributed by atoms with Crippen LogP contribution in [0.1, 0.15) is 28.7 Å². The van der Waals surface area contributed by atoms with Crippen molar-refractivity contribution in [3.63, 3.8) is 0 Å². The molecule has 2 amide bonds. The number of halogens is 2. The summed E-state index contributed by atoms with van der Waals surface area (Å²) in [4.78, 5) is 18.5. The predicted molar refractivity (Wildman–Crippen MR) is 178 cm³/mol. The standard InChI is InChI=1S/C31H34Cl2N8O4S/c1-35-31(42)36-10-11-40-12-13-41-24(19-40)18-37-30(41)28(15-20-4-2-6-22(14-20)29(34)38-43)39-46(44,45)25-7-3-5-21(16-25)26-9-8-23(32)17-27(26)33/h2-9,14,16-18,28,39,43H,10-13,15,19H2,1H3,(H2,34,38)(H2,35,36,42). The van der Waals surface area contributed by atoms with Crippen LogP contribution >= 0.6 is 23.2 Å². The summed E-state index contributed by atoms with van der Waals surface area (Å²) < 4.78 is 32.9. The molecular formula is C31H34Cl2N8O4S. The second kappa shape index (κ2) is 14.5. The molecule has 0 spiro atoms. The quantitative estimate of drug-likeness (QED) is 0.0690. The van der Waals surface area contributed by atoms with Gasteiger partial charge in [0.2, 0.25) is 10.0 Å². The van der Waals surface area contributed by atoms with E-state index in [1.54, 1.807) is 67.8 Å². The van der Waals surface area contributed by atoms with E-state index >= 15 is 0 Å². The van der Waals surface area contributed by atoms with Gasteiger partial charge in [0.25, 0.3) is 0 Å². The summed E-state index contributed by atoms with van der Waals surface area (Å²) in [5.41, 5.74) is 9.29. The molecule has 0 saturated heterocycles. The molecule has 0 fully saturated rings. The number of oxime groups is 1. The van der Waals surface area contributed by atoms with E-state index in [1.807, 2.05) is 10.6 Å². The van der Waals surface area contributed by atoms with Crippen molar-refractivity contribution in [3.8, 4) is 11.1 Å². The number of amidine groups is 1. The summed E-state index contributed by atoms with van der Waals surface area (Å²) in [6.07, 6.45) is 2.00. The SMILES string of the molecule is CNC(=O)NCCN1CCn2c(cnc2C(Cc2cccc(/C(N)=N\O)c2)NS(=O)(=O)c2cccc(-c3ccc(Cl)cc3Cl)c2)C1. The molecule has 242 valence electrons. The molecule has 4 aromatic rings. The van der Waals surface area contributed by atoms with E-state index in [4.69, 9.17) is 33.9 Å². The highest BCUT2D eigenvalue weighted by atomic mass is 35.5. The van der Waals surface area contributed by atoms with Gasteiger partial charge in [0.15, 0.2) is 5.84 Å². The van der Waals surface area contributed by atoms with Crippen LogP contribution in [0.15, 0.2) is 83.0 Å². The van der Waals surface area contributed by atoms with Crippen molar-refractivity contribution in [1.82, 2.24) is 29.8 Å². The normalized spacial score (nSPS) is 14.5. The number of urea groups is 1. The van der Waals surface area contributed by atoms with Gasteiger partial charge in [-0.25, -0.2) is 22.9 Å². The average Bonchev–Trinajstić information content (AvgIpc) is 3.47. The Morgan fingerprint density at radius 1 is 1.11 bits per heavy atom. The van der Waals surface area contributed by atoms with Crippen LogP contribution in [0.4, 0.5) is 4.79 Å². The van der Waals surface area contributed by atoms with Crippen LogP contribution in [-0.2, 0) is 29.5 Å². The van der Waals surface area contributed by atoms with Gasteiger partial charge in [-0.05, 0) is 47.9 Å². The molecule has 12 nitrogen and oxygen atoms in total. The number of hydrogen-bond donors (Lipinski definition) is 5. The van der Waals surface area contributed by atoms with Crippen LogP contribution in [0.2, 0.25) is 10.0 Å². The minimum atomic E-state index is -4.07. The van der Waals surface area contributed by atoms with E-state index in [2.05, 4.69) is 25.4 Å². The molecule has 0 bridgehead atoms. The number of aromatic nitrogens is 2. The zero-order valence-electron chi connectivity index (χ0n) is 25.0. The largest absolute Gasteiger partial charge is 0.409 e. The first-order valence-corrected chi connectivity index (χ1v) is 16.7. The van der Waals surface area contributed by atoms with Crippen LogP contribution in [0, 0.1) is 0 Å². The maximum atomic E-state index is 14.0. The fraction of sp³-hybridized carbons (Fsp3) is 0.258. The number of imidazole rings is 1. The van der Waals surface area contributed by atoms with E-state index in [1.165, 1.54) is 6.07 Å². The van der Waals surface area contributed by atoms with Crippen LogP contribution in [0.3, 0.4) is 0 Å². The topological polar surface area (TPSA) is 167 Å². The number of fused-ring (bicyclic) bond motifs is 1. The number of nitrogens with two attached hydrogens (primary N) is 1. The fourth-order valence-corrected chi connectivity index (χ4v) is 7.15. The molecule has 0 saturated carbocycles. The highest BCUT2D eigenvalue weighted by molar-refractivity contribution is 7.89. The zero-order valence-corrected chi connectivity index (χ0v) is 27.3. The summed E-state index contributed by atoms with van der Waals surface area (Å²) in [5, 5.41) is 18.5. The van der Waals surface area contributed by atoms with Gasteiger partial charge in [-0.1, -0.05) is 64.8 Å². The number of carbonyl (C=O) groups is 1. The smallest absolute Gasteiger partial charge is 0.314 e. The molecule has 5 rings (SSSR count). The molecule has 0 aliphatic carbocycles. The molecule has 46 heavy (non-hydrogen) atoms. The van der Waals surface area contributed by atoms with Crippen LogP contribution in [0.5, 0.6) is 0 Å². The lowest BCUT2D eigenvalue weighted by Gasteiger charge is -2.30. The Balaban J connectivity index is 1.45. The molecule has 0 radical (unpaired) electrons. The highest BCUT2D eigenvalue weighted by Gasteiger charge is 2.29. The Morgan fingerprint density at radius 2 is 1.91 bits per heavy atom. The number of rotatable bonds is 11. The lowest BCUT2D eigenvalue weighted by molar-refractivity contribution is 0.213. The minimum absolute atomic E-state index is 0.0548. The van der Waals surface area contributed by atoms with Gasteiger partial charge in [-0.15, -0.1) is 0 Å². The number of nitrogens with zero attached hydrogens (tertiary/aromatic N) is 4. The second-order valence-corrected chi connectivity index (χ2v) is 13.3. The Labute approximate surface area is 277 Å². The van der Waals surface area contributed by atoms with Gasteiger partial charge in [0.1, 0.15) is 5.82 Å². The molecular weight excluding hydrogens is 651 g/mol. The van der Waals surface area contributed by atoms with E-state index in [0.29, 0.717) is 65.3 Å². The Hall–Kier alpha value is -4.14. The van der Waals surface area contributed by atoms with Gasteiger partial charge in [0, 0.05) is 67.1 Å². The minimum Gasteiger partial charge on any atom is -0.409 e. The predicted octanol–water partition coefficient (Wildman–Crippen LogP) is 3.96. The first-order valence-electron chi connectivity index (χ1n) is 14.4. The summed E-state index contributed by atoms with van der Waals surface area (Å²) in [5.74, 6) is 0.508. The Kier molecular flexibility index (Phi) is 10.5. The second-order valence-electron chi connectivity index (χ2n) is 10.8. The van der Waals surface area contributed by atoms with Crippen molar-refractivity contribution in [1.29, 1.82) is 0 Å². The summed E-state index contributed by atoms with van der Waals surface area (Å²) >= 11 is 12.5. The summed E-state index contributed by atoms with van der Waals surface area (Å²) in [6, 6.07) is 17.7. The molecule has 15 heteroatoms. The van der Waals surface area contributed by atoms with Gasteiger partial charge >= 0.3 is 6.03 Å². The van der Waals surface area contributed by atoms with Crippen LogP contribution in [-0.4, -0.2) is 66.6 Å².